The van der Waals surface area contributed by atoms with Gasteiger partial charge in [0.1, 0.15) is 17.4 Å². The molecule has 0 aliphatic rings. The minimum atomic E-state index is -1.45. The Labute approximate surface area is 207 Å². The molecule has 0 aromatic heterocycles. The fraction of sp³-hybridized carbons (Fsp3) is 0.333. The van der Waals surface area contributed by atoms with Gasteiger partial charge in [-0.3, -0.25) is 9.59 Å². The van der Waals surface area contributed by atoms with E-state index in [1.54, 1.807) is 39.8 Å². The smallest absolute Gasteiger partial charge is 0.407 e. The molecule has 0 spiro atoms. The molecule has 11 heteroatoms. The van der Waals surface area contributed by atoms with Crippen LogP contribution in [0, 0.1) is 6.92 Å². The van der Waals surface area contributed by atoms with Gasteiger partial charge >= 0.3 is 12.1 Å². The molecule has 3 amide bonds. The molecular weight excluding hydrogens is 478 g/mol. The number of halogens is 1. The largest absolute Gasteiger partial charge is 0.508 e. The molecule has 0 aliphatic heterocycles. The van der Waals surface area contributed by atoms with Gasteiger partial charge in [-0.1, -0.05) is 23.7 Å². The Kier molecular flexibility index (Phi) is 9.07. The highest BCUT2D eigenvalue weighted by Gasteiger charge is 2.25. The molecule has 10 nitrogen and oxygen atoms in total. The van der Waals surface area contributed by atoms with Gasteiger partial charge in [-0.2, -0.15) is 0 Å². The number of rotatable bonds is 8. The number of hydrogen-bond donors (Lipinski definition) is 5. The van der Waals surface area contributed by atoms with Crippen LogP contribution in [0.15, 0.2) is 36.4 Å². The molecule has 0 saturated carbocycles. The third-order valence-electron chi connectivity index (χ3n) is 4.59. The van der Waals surface area contributed by atoms with Crippen LogP contribution >= 0.6 is 11.6 Å². The zero-order valence-electron chi connectivity index (χ0n) is 19.8. The van der Waals surface area contributed by atoms with Crippen LogP contribution in [0.1, 0.15) is 52.6 Å². The van der Waals surface area contributed by atoms with Crippen molar-refractivity contribution < 1.29 is 34.1 Å². The van der Waals surface area contributed by atoms with Crippen molar-refractivity contribution in [2.75, 3.05) is 6.54 Å². The standard InChI is InChI=1S/C24H28ClN3O7/c1-13-8-15(20(30)26-11-14-6-5-7-16(29)9-14)10-17(25)19(13)21(31)28-18(22(32)33)12-27-23(34)35-24(2,3)4/h5-10,18,29H,11-12H2,1-4H3,(H,26,30)(H,27,34)(H,28,31)(H,32,33)/t18-/m0/s1. The van der Waals surface area contributed by atoms with Gasteiger partial charge in [0.05, 0.1) is 17.1 Å². The molecular formula is C24H28ClN3O7. The van der Waals surface area contributed by atoms with Gasteiger partial charge in [-0.05, 0) is 63.1 Å². The second kappa shape index (κ2) is 11.6. The average Bonchev–Trinajstić information content (AvgIpc) is 2.73. The number of carboxylic acids is 1. The summed E-state index contributed by atoms with van der Waals surface area (Å²) in [7, 11) is 0. The van der Waals surface area contributed by atoms with Crippen LogP contribution in [0.3, 0.4) is 0 Å². The van der Waals surface area contributed by atoms with E-state index in [-0.39, 0.29) is 28.4 Å². The van der Waals surface area contributed by atoms with Crippen LogP contribution in [-0.2, 0) is 16.1 Å². The number of phenols is 1. The summed E-state index contributed by atoms with van der Waals surface area (Å²) in [5.41, 5.74) is 0.469. The number of benzene rings is 2. The van der Waals surface area contributed by atoms with E-state index < -0.39 is 42.1 Å². The summed E-state index contributed by atoms with van der Waals surface area (Å²) >= 11 is 6.26. The number of alkyl carbamates (subject to hydrolysis) is 1. The normalized spacial score (nSPS) is 11.8. The number of aryl methyl sites for hydroxylation is 1. The van der Waals surface area contributed by atoms with Crippen LogP contribution < -0.4 is 16.0 Å². The van der Waals surface area contributed by atoms with E-state index in [0.717, 1.165) is 0 Å². The molecule has 2 rings (SSSR count). The van der Waals surface area contributed by atoms with E-state index in [1.807, 2.05) is 0 Å². The minimum absolute atomic E-state index is 0.000263. The quantitative estimate of drug-likeness (QED) is 0.369. The number of hydrogen-bond acceptors (Lipinski definition) is 6. The van der Waals surface area contributed by atoms with Gasteiger partial charge in [0.15, 0.2) is 0 Å². The predicted octanol–water partition coefficient (Wildman–Crippen LogP) is 2.99. The molecule has 0 radical (unpaired) electrons. The van der Waals surface area contributed by atoms with E-state index in [1.165, 1.54) is 24.3 Å². The Morgan fingerprint density at radius 3 is 2.31 bits per heavy atom. The van der Waals surface area contributed by atoms with E-state index in [9.17, 15) is 29.4 Å². The summed E-state index contributed by atoms with van der Waals surface area (Å²) < 4.78 is 5.06. The topological polar surface area (TPSA) is 154 Å². The fourth-order valence-electron chi connectivity index (χ4n) is 3.04. The first-order valence-corrected chi connectivity index (χ1v) is 11.0. The third kappa shape index (κ3) is 8.49. The first-order valence-electron chi connectivity index (χ1n) is 10.6. The second-order valence-electron chi connectivity index (χ2n) is 8.75. The molecule has 0 saturated heterocycles. The minimum Gasteiger partial charge on any atom is -0.508 e. The average molecular weight is 506 g/mol. The highest BCUT2D eigenvalue weighted by molar-refractivity contribution is 6.34. The summed E-state index contributed by atoms with van der Waals surface area (Å²) in [6.07, 6.45) is -0.826. The number of carboxylic acid groups (broad SMARTS) is 1. The molecule has 35 heavy (non-hydrogen) atoms. The molecule has 188 valence electrons. The first kappa shape index (κ1) is 27.5. The molecule has 0 aliphatic carbocycles. The molecule has 0 unspecified atom stereocenters. The number of nitrogens with one attached hydrogen (secondary N) is 3. The maximum Gasteiger partial charge on any atom is 0.407 e. The Bertz CT molecular complexity index is 1110. The lowest BCUT2D eigenvalue weighted by Crippen LogP contribution is -2.49. The van der Waals surface area contributed by atoms with Crippen LogP contribution in [-0.4, -0.2) is 52.3 Å². The van der Waals surface area contributed by atoms with Gasteiger partial charge in [0.25, 0.3) is 11.8 Å². The fourth-order valence-corrected chi connectivity index (χ4v) is 3.40. The molecule has 0 heterocycles. The lowest BCUT2D eigenvalue weighted by molar-refractivity contribution is -0.139. The van der Waals surface area contributed by atoms with Gasteiger partial charge in [0.2, 0.25) is 0 Å². The lowest BCUT2D eigenvalue weighted by Gasteiger charge is -2.21. The van der Waals surface area contributed by atoms with E-state index in [2.05, 4.69) is 16.0 Å². The summed E-state index contributed by atoms with van der Waals surface area (Å²) in [5, 5.41) is 26.2. The highest BCUT2D eigenvalue weighted by atomic mass is 35.5. The summed E-state index contributed by atoms with van der Waals surface area (Å²) in [6, 6.07) is 7.73. The number of phenolic OH excluding ortho intramolecular Hbond substituents is 1. The van der Waals surface area contributed by atoms with Crippen molar-refractivity contribution in [1.29, 1.82) is 0 Å². The van der Waals surface area contributed by atoms with Crippen molar-refractivity contribution in [3.63, 3.8) is 0 Å². The SMILES string of the molecule is Cc1cc(C(=O)NCc2cccc(O)c2)cc(Cl)c1C(=O)N[C@@H](CNC(=O)OC(C)(C)C)C(=O)O. The van der Waals surface area contributed by atoms with Crippen molar-refractivity contribution in [3.8, 4) is 5.75 Å². The van der Waals surface area contributed by atoms with Crippen LogP contribution in [0.2, 0.25) is 5.02 Å². The monoisotopic (exact) mass is 505 g/mol. The maximum absolute atomic E-state index is 12.8. The van der Waals surface area contributed by atoms with Crippen LogP contribution in [0.5, 0.6) is 5.75 Å². The molecule has 0 fully saturated rings. The van der Waals surface area contributed by atoms with Crippen LogP contribution in [0.4, 0.5) is 4.79 Å². The molecule has 0 bridgehead atoms. The van der Waals surface area contributed by atoms with Gasteiger partial charge < -0.3 is 30.9 Å². The molecule has 2 aromatic rings. The third-order valence-corrected chi connectivity index (χ3v) is 4.89. The van der Waals surface area contributed by atoms with E-state index in [4.69, 9.17) is 16.3 Å². The molecule has 1 atom stereocenters. The van der Waals surface area contributed by atoms with E-state index in [0.29, 0.717) is 11.1 Å². The van der Waals surface area contributed by atoms with Gasteiger partial charge in [0, 0.05) is 12.1 Å². The van der Waals surface area contributed by atoms with Crippen molar-refractivity contribution in [1.82, 2.24) is 16.0 Å². The summed E-state index contributed by atoms with van der Waals surface area (Å²) in [6.45, 7) is 6.28. The number of carbonyl (C=O) groups excluding carboxylic acids is 3. The van der Waals surface area contributed by atoms with Gasteiger partial charge in [-0.15, -0.1) is 0 Å². The van der Waals surface area contributed by atoms with Crippen LogP contribution in [0.25, 0.3) is 0 Å². The summed E-state index contributed by atoms with van der Waals surface area (Å²) in [4.78, 5) is 48.7. The maximum atomic E-state index is 12.8. The zero-order valence-corrected chi connectivity index (χ0v) is 20.5. The number of carbonyl (C=O) groups is 4. The number of amides is 3. The van der Waals surface area contributed by atoms with Crippen molar-refractivity contribution in [2.45, 2.75) is 45.9 Å². The number of aliphatic carboxylic acids is 1. The zero-order chi connectivity index (χ0) is 26.3. The second-order valence-corrected chi connectivity index (χ2v) is 9.16. The Hall–Kier alpha value is -3.79. The van der Waals surface area contributed by atoms with Gasteiger partial charge in [-0.25, -0.2) is 9.59 Å². The Balaban J connectivity index is 2.08. The molecule has 2 aromatic carbocycles. The Morgan fingerprint density at radius 2 is 1.74 bits per heavy atom. The van der Waals surface area contributed by atoms with Crippen molar-refractivity contribution >= 4 is 35.5 Å². The number of aromatic hydroxyl groups is 1. The van der Waals surface area contributed by atoms with Crippen molar-refractivity contribution in [3.05, 3.63) is 63.7 Å². The Morgan fingerprint density at radius 1 is 1.06 bits per heavy atom. The van der Waals surface area contributed by atoms with E-state index >= 15 is 0 Å². The molecule has 5 N–H and O–H groups in total. The van der Waals surface area contributed by atoms with Crippen molar-refractivity contribution in [2.24, 2.45) is 0 Å². The predicted molar refractivity (Wildman–Crippen MR) is 129 cm³/mol. The number of ether oxygens (including phenoxy) is 1. The lowest BCUT2D eigenvalue weighted by atomic mass is 10.0. The first-order chi connectivity index (χ1) is 16.3. The summed E-state index contributed by atoms with van der Waals surface area (Å²) in [5.74, 6) is -2.52. The highest BCUT2D eigenvalue weighted by Crippen LogP contribution is 2.23.